The van der Waals surface area contributed by atoms with Crippen LogP contribution in [0, 0.1) is 12.7 Å². The van der Waals surface area contributed by atoms with E-state index >= 15 is 0 Å². The highest BCUT2D eigenvalue weighted by Gasteiger charge is 2.13. The van der Waals surface area contributed by atoms with Crippen molar-refractivity contribution in [2.24, 2.45) is 0 Å². The molecule has 4 heterocycles. The van der Waals surface area contributed by atoms with Gasteiger partial charge in [0.15, 0.2) is 0 Å². The van der Waals surface area contributed by atoms with Gasteiger partial charge < -0.3 is 85.2 Å². The Balaban J connectivity index is 0.000000158. The summed E-state index contributed by atoms with van der Waals surface area (Å²) in [5.41, 5.74) is 19.1. The number of hydrogen-bond acceptors (Lipinski definition) is 22. The second-order valence-electron chi connectivity index (χ2n) is 27.5. The summed E-state index contributed by atoms with van der Waals surface area (Å²) in [6.07, 6.45) is 14.0. The van der Waals surface area contributed by atoms with Crippen LogP contribution in [0.4, 0.5) is 47.3 Å². The summed E-state index contributed by atoms with van der Waals surface area (Å²) in [6.45, 7) is 4.83. The fourth-order valence-corrected chi connectivity index (χ4v) is 13.8. The van der Waals surface area contributed by atoms with E-state index in [1.807, 2.05) is 199 Å². The standard InChI is InChI=1S/C21H26FNO3.C20H25FN2O3.C16H15NO2.C15H15NO.C14H11FN2OS.C14H12N2OS/c1-23-20-8-4-18(5-9-20)2-3-19-6-10-21(11-7-19)26-17-16-25-15-14-24-13-12-22;1-22-19-7-4-17(5-8-19)2-3-18-6-9-20(23-16-18)26-15-14-25-13-12-24-11-10-21;1-10-7-11(3-5-14(10)17-2)16-9-12-8-13(18)4-6-15(12)19-16;1-16-14-8-4-12(5-9-14)2-3-13-6-10-15(17)11-7-13;1-16-11-4-2-8(6-10(11)15)14-17-12-5-3-9(18)7-13(12)19-14;1-15-10-4-2-9(3-5-10)14-16-12-7-6-11(17)8-13(12)18-14/h2-11,23H,12-17H2,1H3;2-9,16,22H,10-15H2,1H3;3-9,17-18H,1-2H3;2-11,16-17H,1H3;2-7,16,18H,1H3;2-8,15,17H,1H3/b2*3-2+;;3-2+;;/i22-1;21-1;;1-1;15-1;1-1. The van der Waals surface area contributed by atoms with Crippen molar-refractivity contribution in [2.75, 3.05) is 154 Å². The van der Waals surface area contributed by atoms with Gasteiger partial charge in [0.05, 0.1) is 79.0 Å². The van der Waals surface area contributed by atoms with Crippen LogP contribution in [0.15, 0.2) is 265 Å². The van der Waals surface area contributed by atoms with Gasteiger partial charge in [-0.15, -0.1) is 22.7 Å². The lowest BCUT2D eigenvalue weighted by atomic mass is 10.1. The van der Waals surface area contributed by atoms with E-state index in [-0.39, 0.29) is 36.3 Å². The van der Waals surface area contributed by atoms with Crippen molar-refractivity contribution < 1.29 is 66.4 Å². The van der Waals surface area contributed by atoms with Gasteiger partial charge in [-0.3, -0.25) is 0 Å². The number of furan rings is 1. The second kappa shape index (κ2) is 50.7. The number of nitrogens with zero attached hydrogens (tertiary/aromatic N) is 3. The molecule has 4 aromatic heterocycles. The van der Waals surface area contributed by atoms with Crippen LogP contribution in [-0.2, 0) is 18.9 Å². The van der Waals surface area contributed by atoms with Gasteiger partial charge in [-0.05, 0) is 234 Å². The number of pyridine rings is 1. The number of hydrogen-bond donors (Lipinski definition) is 10. The molecular formula is C100H104F3N9O11S2. The molecule has 15 rings (SSSR count). The Morgan fingerprint density at radius 1 is 0.360 bits per heavy atom. The summed E-state index contributed by atoms with van der Waals surface area (Å²) in [6, 6.07) is 80.0. The molecule has 0 aliphatic heterocycles. The van der Waals surface area contributed by atoms with Gasteiger partial charge in [0.25, 0.3) is 0 Å². The number of fused-ring (bicyclic) bond motifs is 3. The summed E-state index contributed by atoms with van der Waals surface area (Å²) >= 11 is 3.01. The molecule has 0 amide bonds. The molecule has 15 aromatic rings. The van der Waals surface area contributed by atoms with E-state index in [1.54, 1.807) is 91.3 Å². The normalized spacial score (nSPS) is 10.9. The first-order valence-corrected chi connectivity index (χ1v) is 42.0. The van der Waals surface area contributed by atoms with E-state index in [0.29, 0.717) is 70.2 Å². The van der Waals surface area contributed by atoms with Crippen LogP contribution in [0.1, 0.15) is 38.9 Å². The topological polar surface area (TPSA) is 260 Å². The minimum absolute atomic E-state index is 0.117. The Hall–Kier alpha value is -13.7. The molecule has 25 heteroatoms. The molecule has 0 unspecified atom stereocenters. The van der Waals surface area contributed by atoms with Crippen LogP contribution in [0.5, 0.6) is 34.6 Å². The molecule has 0 aliphatic rings. The van der Waals surface area contributed by atoms with E-state index < -0.39 is 13.3 Å². The summed E-state index contributed by atoms with van der Waals surface area (Å²) in [7, 11) is 11.2. The number of thiazole rings is 2. The third-order valence-electron chi connectivity index (χ3n) is 18.6. The zero-order chi connectivity index (χ0) is 88.3. The maximum atomic E-state index is 13.7. The van der Waals surface area contributed by atoms with Gasteiger partial charge in [0, 0.05) is 105 Å². The molecular weight excluding hydrogens is 1620 g/mol. The lowest BCUT2D eigenvalue weighted by Gasteiger charge is -2.07. The number of alkyl halides is 2. The highest BCUT2D eigenvalue weighted by molar-refractivity contribution is 7.22. The van der Waals surface area contributed by atoms with Crippen LogP contribution in [0.25, 0.3) is 100 Å². The number of rotatable bonds is 33. The molecule has 125 heavy (non-hydrogen) atoms. The van der Waals surface area contributed by atoms with E-state index in [1.165, 1.54) is 23.0 Å². The molecule has 0 fully saturated rings. The molecule has 0 atom stereocenters. The van der Waals surface area contributed by atoms with E-state index in [0.717, 1.165) is 131 Å². The summed E-state index contributed by atoms with van der Waals surface area (Å²) in [5, 5.41) is 58.4. The predicted octanol–water partition coefficient (Wildman–Crippen LogP) is 23.3. The maximum absolute atomic E-state index is 13.7. The Labute approximate surface area is 735 Å². The van der Waals surface area contributed by atoms with Crippen molar-refractivity contribution >= 4 is 125 Å². The molecule has 0 bridgehead atoms. The Bertz CT molecular complexity index is 5580. The van der Waals surface area contributed by atoms with Crippen molar-refractivity contribution in [3.05, 3.63) is 306 Å². The van der Waals surface area contributed by atoms with E-state index in [9.17, 15) is 28.5 Å². The van der Waals surface area contributed by atoms with Crippen molar-refractivity contribution in [1.29, 1.82) is 0 Å². The highest BCUT2D eigenvalue weighted by Crippen LogP contribution is 2.36. The molecule has 0 spiro atoms. The SMILES string of the molecule is CNc1ccc(-c2cc3cc(O)ccc3o2)cc1C.CNc1ccc(-c2nc3ccc(O)cc3s2)cc1[18F].CNc1ccc(/C=C/c2ccc(OCCOCCOCC[18F])cc2)cc1.CNc1ccc(/C=C/c2ccc(OCCOCCOCC[18F])nc2)cc1.[11CH3]Nc1ccc(-c2nc3ccc(O)cc3s2)cc1.[11CH3]Nc1ccc(/C=C/c2ccc(O)cc2)cc1. The maximum Gasteiger partial charge on any atom is 0.213 e. The summed E-state index contributed by atoms with van der Waals surface area (Å²) in [4.78, 5) is 13.3. The monoisotopic (exact) mass is 1720 g/mol. The number of nitrogens with one attached hydrogen (secondary N) is 6. The number of phenols is 4. The highest BCUT2D eigenvalue weighted by atomic mass is 32.1. The molecule has 10 N–H and O–H groups in total. The third-order valence-corrected chi connectivity index (χ3v) is 20.8. The average molecular weight is 1720 g/mol. The Kier molecular flexibility index (Phi) is 37.9. The van der Waals surface area contributed by atoms with Crippen molar-refractivity contribution in [3.63, 3.8) is 0 Å². The zero-order valence-electron chi connectivity index (χ0n) is 70.7. The second-order valence-corrected chi connectivity index (χ2v) is 29.5. The summed E-state index contributed by atoms with van der Waals surface area (Å²) < 4.78 is 76.8. The van der Waals surface area contributed by atoms with Gasteiger partial charge >= 0.3 is 0 Å². The lowest BCUT2D eigenvalue weighted by molar-refractivity contribution is 0.0320. The molecule has 0 radical (unpaired) electrons. The van der Waals surface area contributed by atoms with Crippen molar-refractivity contribution in [2.45, 2.75) is 6.92 Å². The smallest absolute Gasteiger partial charge is 0.213 e. The molecule has 0 aliphatic carbocycles. The minimum atomic E-state index is -0.470. The third kappa shape index (κ3) is 31.0. The first-order valence-electron chi connectivity index (χ1n) is 40.4. The minimum Gasteiger partial charge on any atom is -0.508 e. The first-order chi connectivity index (χ1) is 61.0. The molecule has 0 saturated carbocycles. The number of halogens is 3. The van der Waals surface area contributed by atoms with Gasteiger partial charge in [0.1, 0.15) is 82.5 Å². The molecule has 648 valence electrons. The Morgan fingerprint density at radius 2 is 0.752 bits per heavy atom. The van der Waals surface area contributed by atoms with Gasteiger partial charge in [-0.2, -0.15) is 0 Å². The summed E-state index contributed by atoms with van der Waals surface area (Å²) in [5.74, 6) is 2.90. The lowest BCUT2D eigenvalue weighted by Crippen LogP contribution is -2.11. The first kappa shape index (κ1) is 93.6. The van der Waals surface area contributed by atoms with Crippen molar-refractivity contribution in [3.8, 4) is 67.1 Å². The fourth-order valence-electron chi connectivity index (χ4n) is 11.8. The molecule has 0 saturated heterocycles. The number of aromatic hydroxyl groups is 4. The van der Waals surface area contributed by atoms with Crippen LogP contribution in [-0.4, -0.2) is 157 Å². The van der Waals surface area contributed by atoms with E-state index in [4.69, 9.17) is 37.9 Å². The molecule has 20 nitrogen and oxygen atoms in total. The Morgan fingerprint density at radius 3 is 1.21 bits per heavy atom. The van der Waals surface area contributed by atoms with Gasteiger partial charge in [0.2, 0.25) is 5.88 Å². The number of phenolic OH excluding ortho intramolecular Hbond substituents is 4. The average Bonchev–Trinajstić information content (AvgIpc) is 1.69. The van der Waals surface area contributed by atoms with E-state index in [2.05, 4.69) is 108 Å². The number of aryl methyl sites for hydroxylation is 1. The van der Waals surface area contributed by atoms with Crippen molar-refractivity contribution in [1.82, 2.24) is 15.0 Å². The number of anilines is 6. The van der Waals surface area contributed by atoms with Crippen LogP contribution >= 0.6 is 22.7 Å². The van der Waals surface area contributed by atoms with Crippen LogP contribution < -0.4 is 41.4 Å². The van der Waals surface area contributed by atoms with Crippen LogP contribution in [0.2, 0.25) is 0 Å². The zero-order valence-corrected chi connectivity index (χ0v) is 72.3. The largest absolute Gasteiger partial charge is 0.508 e. The number of aromatic nitrogens is 3. The fraction of sp³-hybridized carbons (Fsp3) is 0.190. The number of ether oxygens (including phenoxy) is 6. The number of benzene rings is 11. The van der Waals surface area contributed by atoms with Crippen LogP contribution in [0.3, 0.4) is 0 Å². The molecule has 11 aromatic carbocycles. The quantitative estimate of drug-likeness (QED) is 0.0135. The van der Waals surface area contributed by atoms with Gasteiger partial charge in [-0.25, -0.2) is 28.1 Å². The predicted molar refractivity (Wildman–Crippen MR) is 510 cm³/mol. The van der Waals surface area contributed by atoms with Gasteiger partial charge in [-0.1, -0.05) is 97.1 Å².